The van der Waals surface area contributed by atoms with Crippen molar-refractivity contribution in [3.05, 3.63) is 75.8 Å². The molecule has 1 aliphatic rings. The van der Waals surface area contributed by atoms with E-state index in [0.29, 0.717) is 37.3 Å². The number of aromatic nitrogens is 1. The second-order valence-corrected chi connectivity index (χ2v) is 6.90. The molecular weight excluding hydrogens is 356 g/mol. The average Bonchev–Trinajstić information content (AvgIpc) is 2.72. The highest BCUT2D eigenvalue weighted by atomic mass is 16.6. The molecule has 0 spiro atoms. The van der Waals surface area contributed by atoms with Gasteiger partial charge in [-0.05, 0) is 37.3 Å². The van der Waals surface area contributed by atoms with E-state index in [4.69, 9.17) is 4.98 Å². The molecule has 1 aliphatic heterocycles. The Morgan fingerprint density at radius 3 is 2.50 bits per heavy atom. The van der Waals surface area contributed by atoms with Crippen molar-refractivity contribution in [3.63, 3.8) is 0 Å². The third kappa shape index (κ3) is 3.38. The zero-order valence-electron chi connectivity index (χ0n) is 15.5. The monoisotopic (exact) mass is 376 g/mol. The predicted molar refractivity (Wildman–Crippen MR) is 108 cm³/mol. The van der Waals surface area contributed by atoms with Gasteiger partial charge in [0.1, 0.15) is 5.82 Å². The number of nitro groups is 1. The summed E-state index contributed by atoms with van der Waals surface area (Å²) in [5.74, 6) is 0.820. The van der Waals surface area contributed by atoms with Crippen LogP contribution in [0, 0.1) is 17.0 Å². The van der Waals surface area contributed by atoms with Gasteiger partial charge < -0.3 is 9.80 Å². The molecule has 1 amide bonds. The molecule has 7 heteroatoms. The van der Waals surface area contributed by atoms with Crippen LogP contribution in [0.2, 0.25) is 0 Å². The van der Waals surface area contributed by atoms with Gasteiger partial charge in [-0.2, -0.15) is 0 Å². The van der Waals surface area contributed by atoms with E-state index in [1.165, 1.54) is 12.1 Å². The van der Waals surface area contributed by atoms with Gasteiger partial charge in [0.25, 0.3) is 11.6 Å². The second-order valence-electron chi connectivity index (χ2n) is 6.90. The number of hydrogen-bond donors (Lipinski definition) is 0. The number of nitrogens with zero attached hydrogens (tertiary/aromatic N) is 4. The molecule has 1 fully saturated rings. The summed E-state index contributed by atoms with van der Waals surface area (Å²) in [4.78, 5) is 32.0. The largest absolute Gasteiger partial charge is 0.353 e. The maximum absolute atomic E-state index is 12.8. The standard InChI is InChI=1S/C21H20N4O3/c1-15-14-17(6-8-19(15)25(27)28)21(26)24-12-10-23(11-13-24)20-9-7-16-4-2-3-5-18(16)22-20/h2-9,14H,10-13H2,1H3. The Morgan fingerprint density at radius 2 is 1.79 bits per heavy atom. The molecule has 1 aromatic heterocycles. The van der Waals surface area contributed by atoms with Crippen LogP contribution >= 0.6 is 0 Å². The van der Waals surface area contributed by atoms with Crippen molar-refractivity contribution in [2.75, 3.05) is 31.1 Å². The van der Waals surface area contributed by atoms with Crippen LogP contribution in [0.3, 0.4) is 0 Å². The van der Waals surface area contributed by atoms with Crippen LogP contribution in [0.4, 0.5) is 11.5 Å². The number of amides is 1. The Balaban J connectivity index is 1.45. The number of fused-ring (bicyclic) bond motifs is 1. The van der Waals surface area contributed by atoms with Crippen molar-refractivity contribution in [2.24, 2.45) is 0 Å². The van der Waals surface area contributed by atoms with E-state index in [-0.39, 0.29) is 11.6 Å². The van der Waals surface area contributed by atoms with Crippen LogP contribution < -0.4 is 4.90 Å². The van der Waals surface area contributed by atoms with Crippen molar-refractivity contribution >= 4 is 28.3 Å². The number of carbonyl (C=O) groups is 1. The molecule has 0 bridgehead atoms. The van der Waals surface area contributed by atoms with Gasteiger partial charge >= 0.3 is 0 Å². The maximum Gasteiger partial charge on any atom is 0.272 e. The summed E-state index contributed by atoms with van der Waals surface area (Å²) in [7, 11) is 0. The minimum absolute atomic E-state index is 0.0312. The van der Waals surface area contributed by atoms with Crippen LogP contribution in [-0.2, 0) is 0 Å². The quantitative estimate of drug-likeness (QED) is 0.517. The van der Waals surface area contributed by atoms with E-state index < -0.39 is 4.92 Å². The number of pyridine rings is 1. The van der Waals surface area contributed by atoms with Crippen molar-refractivity contribution in [1.82, 2.24) is 9.88 Å². The lowest BCUT2D eigenvalue weighted by Gasteiger charge is -2.35. The Bertz CT molecular complexity index is 1060. The molecule has 0 radical (unpaired) electrons. The van der Waals surface area contributed by atoms with Crippen LogP contribution in [0.1, 0.15) is 15.9 Å². The maximum atomic E-state index is 12.8. The van der Waals surface area contributed by atoms with Gasteiger partial charge in [0, 0.05) is 48.8 Å². The van der Waals surface area contributed by atoms with E-state index in [1.54, 1.807) is 17.9 Å². The summed E-state index contributed by atoms with van der Waals surface area (Å²) in [6.07, 6.45) is 0. The number of anilines is 1. The number of aryl methyl sites for hydroxylation is 1. The molecular formula is C21H20N4O3. The Hall–Kier alpha value is -3.48. The smallest absolute Gasteiger partial charge is 0.272 e. The number of nitro benzene ring substituents is 1. The van der Waals surface area contributed by atoms with E-state index in [0.717, 1.165) is 16.7 Å². The summed E-state index contributed by atoms with van der Waals surface area (Å²) < 4.78 is 0. The molecule has 0 saturated carbocycles. The summed E-state index contributed by atoms with van der Waals surface area (Å²) in [5, 5.41) is 12.1. The Morgan fingerprint density at radius 1 is 1.04 bits per heavy atom. The lowest BCUT2D eigenvalue weighted by atomic mass is 10.1. The van der Waals surface area contributed by atoms with Crippen molar-refractivity contribution in [1.29, 1.82) is 0 Å². The molecule has 2 aromatic carbocycles. The zero-order chi connectivity index (χ0) is 19.7. The van der Waals surface area contributed by atoms with Gasteiger partial charge in [0.05, 0.1) is 10.4 Å². The summed E-state index contributed by atoms with van der Waals surface area (Å²) in [6, 6.07) is 16.6. The third-order valence-corrected chi connectivity index (χ3v) is 5.12. The summed E-state index contributed by atoms with van der Waals surface area (Å²) in [6.45, 7) is 4.22. The third-order valence-electron chi connectivity index (χ3n) is 5.12. The van der Waals surface area contributed by atoms with Gasteiger partial charge in [-0.25, -0.2) is 4.98 Å². The van der Waals surface area contributed by atoms with Crippen molar-refractivity contribution in [3.8, 4) is 0 Å². The van der Waals surface area contributed by atoms with Crippen LogP contribution in [-0.4, -0.2) is 46.9 Å². The van der Waals surface area contributed by atoms with E-state index in [9.17, 15) is 14.9 Å². The highest BCUT2D eigenvalue weighted by molar-refractivity contribution is 5.95. The molecule has 7 nitrogen and oxygen atoms in total. The first-order valence-corrected chi connectivity index (χ1v) is 9.18. The highest BCUT2D eigenvalue weighted by Crippen LogP contribution is 2.22. The molecule has 4 rings (SSSR count). The average molecular weight is 376 g/mol. The first-order chi connectivity index (χ1) is 13.5. The number of hydrogen-bond acceptors (Lipinski definition) is 5. The molecule has 0 aliphatic carbocycles. The molecule has 28 heavy (non-hydrogen) atoms. The van der Waals surface area contributed by atoms with Crippen molar-refractivity contribution < 1.29 is 9.72 Å². The first-order valence-electron chi connectivity index (χ1n) is 9.18. The predicted octanol–water partition coefficient (Wildman–Crippen LogP) is 3.41. The molecule has 0 unspecified atom stereocenters. The summed E-state index contributed by atoms with van der Waals surface area (Å²) >= 11 is 0. The van der Waals surface area contributed by atoms with E-state index in [2.05, 4.69) is 11.0 Å². The normalized spacial score (nSPS) is 14.3. The van der Waals surface area contributed by atoms with E-state index in [1.807, 2.05) is 30.3 Å². The number of piperazine rings is 1. The lowest BCUT2D eigenvalue weighted by Crippen LogP contribution is -2.49. The Labute approximate surface area is 162 Å². The molecule has 1 saturated heterocycles. The Kier molecular flexibility index (Phi) is 4.65. The number of carbonyl (C=O) groups excluding carboxylic acids is 1. The first kappa shape index (κ1) is 17.9. The van der Waals surface area contributed by atoms with Crippen LogP contribution in [0.5, 0.6) is 0 Å². The van der Waals surface area contributed by atoms with Gasteiger partial charge in [0.2, 0.25) is 0 Å². The topological polar surface area (TPSA) is 79.6 Å². The zero-order valence-corrected chi connectivity index (χ0v) is 15.5. The molecule has 2 heterocycles. The van der Waals surface area contributed by atoms with Crippen LogP contribution in [0.15, 0.2) is 54.6 Å². The van der Waals surface area contributed by atoms with Crippen LogP contribution in [0.25, 0.3) is 10.9 Å². The summed E-state index contributed by atoms with van der Waals surface area (Å²) in [5.41, 5.74) is 1.97. The van der Waals surface area contributed by atoms with Gasteiger partial charge in [-0.15, -0.1) is 0 Å². The lowest BCUT2D eigenvalue weighted by molar-refractivity contribution is -0.385. The minimum atomic E-state index is -0.432. The molecule has 142 valence electrons. The van der Waals surface area contributed by atoms with Gasteiger partial charge in [0.15, 0.2) is 0 Å². The second kappa shape index (κ2) is 7.26. The fraction of sp³-hybridized carbons (Fsp3) is 0.238. The minimum Gasteiger partial charge on any atom is -0.353 e. The molecule has 0 N–H and O–H groups in total. The van der Waals surface area contributed by atoms with E-state index >= 15 is 0 Å². The SMILES string of the molecule is Cc1cc(C(=O)N2CCN(c3ccc4ccccc4n3)CC2)ccc1[N+](=O)[O-]. The van der Waals surface area contributed by atoms with Gasteiger partial charge in [-0.3, -0.25) is 14.9 Å². The highest BCUT2D eigenvalue weighted by Gasteiger charge is 2.24. The molecule has 3 aromatic rings. The van der Waals surface area contributed by atoms with Crippen molar-refractivity contribution in [2.45, 2.75) is 6.92 Å². The fourth-order valence-electron chi connectivity index (χ4n) is 3.55. The fourth-order valence-corrected chi connectivity index (χ4v) is 3.55. The number of benzene rings is 2. The van der Waals surface area contributed by atoms with Gasteiger partial charge in [-0.1, -0.05) is 18.2 Å². The molecule has 0 atom stereocenters. The number of para-hydroxylation sites is 1. The number of rotatable bonds is 3.